The first-order chi connectivity index (χ1) is 15.0. The van der Waals surface area contributed by atoms with Gasteiger partial charge in [-0.15, -0.1) is 0 Å². The first-order valence-corrected chi connectivity index (χ1v) is 11.0. The van der Waals surface area contributed by atoms with Gasteiger partial charge in [-0.2, -0.15) is 5.10 Å². The van der Waals surface area contributed by atoms with E-state index in [1.807, 2.05) is 36.5 Å². The molecular weight excluding hydrogens is 416 g/mol. The zero-order valence-corrected chi connectivity index (χ0v) is 17.2. The van der Waals surface area contributed by atoms with Crippen molar-refractivity contribution in [1.29, 1.82) is 0 Å². The van der Waals surface area contributed by atoms with Gasteiger partial charge in [0, 0.05) is 23.9 Å². The van der Waals surface area contributed by atoms with Crippen molar-refractivity contribution < 1.29 is 17.6 Å². The van der Waals surface area contributed by atoms with Crippen LogP contribution in [0.15, 0.2) is 94.7 Å². The van der Waals surface area contributed by atoms with E-state index in [9.17, 15) is 13.2 Å². The molecular formula is C22H20N4O4S. The summed E-state index contributed by atoms with van der Waals surface area (Å²) in [5.41, 5.74) is 2.14. The fourth-order valence-electron chi connectivity index (χ4n) is 2.91. The van der Waals surface area contributed by atoms with Crippen molar-refractivity contribution in [2.24, 2.45) is 0 Å². The molecule has 0 spiro atoms. The average Bonchev–Trinajstić information content (AvgIpc) is 3.49. The van der Waals surface area contributed by atoms with Gasteiger partial charge in [0.05, 0.1) is 29.6 Å². The van der Waals surface area contributed by atoms with Crippen LogP contribution >= 0.6 is 0 Å². The summed E-state index contributed by atoms with van der Waals surface area (Å²) in [4.78, 5) is 12.5. The lowest BCUT2D eigenvalue weighted by molar-refractivity contribution is 0.0951. The number of amides is 1. The van der Waals surface area contributed by atoms with Crippen molar-refractivity contribution in [3.05, 3.63) is 102 Å². The minimum atomic E-state index is -3.71. The molecule has 4 aromatic rings. The van der Waals surface area contributed by atoms with Gasteiger partial charge in [0.1, 0.15) is 5.76 Å². The Morgan fingerprint density at radius 1 is 0.968 bits per heavy atom. The van der Waals surface area contributed by atoms with Gasteiger partial charge in [0.15, 0.2) is 0 Å². The molecule has 0 saturated heterocycles. The van der Waals surface area contributed by atoms with E-state index >= 15 is 0 Å². The summed E-state index contributed by atoms with van der Waals surface area (Å²) in [6.07, 6.45) is 5.01. The summed E-state index contributed by atoms with van der Waals surface area (Å²) >= 11 is 0. The van der Waals surface area contributed by atoms with Crippen LogP contribution in [0.5, 0.6) is 0 Å². The minimum Gasteiger partial charge on any atom is -0.468 e. The summed E-state index contributed by atoms with van der Waals surface area (Å²) in [5, 5.41) is 7.11. The van der Waals surface area contributed by atoms with E-state index in [2.05, 4.69) is 15.1 Å². The smallest absolute Gasteiger partial charge is 0.251 e. The maximum absolute atomic E-state index is 12.4. The highest BCUT2D eigenvalue weighted by atomic mass is 32.2. The summed E-state index contributed by atoms with van der Waals surface area (Å²) in [6, 6.07) is 18.8. The van der Waals surface area contributed by atoms with E-state index in [4.69, 9.17) is 4.42 Å². The second-order valence-corrected chi connectivity index (χ2v) is 8.51. The average molecular weight is 436 g/mol. The van der Waals surface area contributed by atoms with Crippen LogP contribution in [-0.2, 0) is 23.1 Å². The quantitative estimate of drug-likeness (QED) is 0.442. The van der Waals surface area contributed by atoms with Crippen molar-refractivity contribution in [3.63, 3.8) is 0 Å². The number of aromatic nitrogens is 2. The SMILES string of the molecule is O=C(NCc1cnn(-c2ccccc2)c1)c1ccc(S(=O)(=O)NCc2ccco2)cc1. The molecule has 31 heavy (non-hydrogen) atoms. The van der Waals surface area contributed by atoms with E-state index in [0.29, 0.717) is 17.9 Å². The number of rotatable bonds is 8. The normalized spacial score (nSPS) is 11.4. The number of nitrogens with zero attached hydrogens (tertiary/aromatic N) is 2. The molecule has 1 amide bonds. The first-order valence-electron chi connectivity index (χ1n) is 9.50. The number of carbonyl (C=O) groups excluding carboxylic acids is 1. The van der Waals surface area contributed by atoms with Crippen LogP contribution in [0.3, 0.4) is 0 Å². The first kappa shape index (κ1) is 20.6. The highest BCUT2D eigenvalue weighted by Crippen LogP contribution is 2.12. The molecule has 8 nitrogen and oxygen atoms in total. The van der Waals surface area contributed by atoms with Gasteiger partial charge in [0.25, 0.3) is 5.91 Å². The summed E-state index contributed by atoms with van der Waals surface area (Å²) < 4.78 is 34.1. The highest BCUT2D eigenvalue weighted by Gasteiger charge is 2.15. The lowest BCUT2D eigenvalue weighted by Crippen LogP contribution is -2.24. The number of benzene rings is 2. The van der Waals surface area contributed by atoms with Crippen molar-refractivity contribution in [2.75, 3.05) is 0 Å². The Bertz CT molecular complexity index is 1250. The molecule has 0 aliphatic heterocycles. The van der Waals surface area contributed by atoms with Crippen LogP contribution in [-0.4, -0.2) is 24.1 Å². The number of para-hydroxylation sites is 1. The molecule has 9 heteroatoms. The second-order valence-electron chi connectivity index (χ2n) is 6.74. The third-order valence-electron chi connectivity index (χ3n) is 4.55. The number of carbonyl (C=O) groups is 1. The third-order valence-corrected chi connectivity index (χ3v) is 5.97. The Hall–Kier alpha value is -3.69. The van der Waals surface area contributed by atoms with E-state index in [1.54, 1.807) is 23.0 Å². The van der Waals surface area contributed by atoms with Gasteiger partial charge >= 0.3 is 0 Å². The van der Waals surface area contributed by atoms with Gasteiger partial charge in [-0.1, -0.05) is 18.2 Å². The molecule has 0 unspecified atom stereocenters. The summed E-state index contributed by atoms with van der Waals surface area (Å²) in [7, 11) is -3.71. The molecule has 2 aromatic heterocycles. The van der Waals surface area contributed by atoms with E-state index in [-0.39, 0.29) is 17.3 Å². The molecule has 0 saturated carbocycles. The number of sulfonamides is 1. The zero-order chi connectivity index (χ0) is 21.7. The van der Waals surface area contributed by atoms with Crippen LogP contribution in [0.2, 0.25) is 0 Å². The standard InChI is InChI=1S/C22H20N4O4S/c27-22(23-13-17-14-24-26(16-17)19-5-2-1-3-6-19)18-8-10-21(11-9-18)31(28,29)25-15-20-7-4-12-30-20/h1-12,14,16,25H,13,15H2,(H,23,27). The Morgan fingerprint density at radius 2 is 1.74 bits per heavy atom. The Labute approximate surface area is 179 Å². The molecule has 0 fully saturated rings. The minimum absolute atomic E-state index is 0.0498. The molecule has 0 bridgehead atoms. The molecule has 0 atom stereocenters. The number of hydrogen-bond donors (Lipinski definition) is 2. The fraction of sp³-hybridized carbons (Fsp3) is 0.0909. The molecule has 0 aliphatic rings. The molecule has 2 aromatic carbocycles. The third kappa shape index (κ3) is 5.08. The lowest BCUT2D eigenvalue weighted by Gasteiger charge is -2.07. The number of hydrogen-bond acceptors (Lipinski definition) is 5. The van der Waals surface area contributed by atoms with Crippen molar-refractivity contribution in [2.45, 2.75) is 18.0 Å². The molecule has 158 valence electrons. The highest BCUT2D eigenvalue weighted by molar-refractivity contribution is 7.89. The zero-order valence-electron chi connectivity index (χ0n) is 16.4. The van der Waals surface area contributed by atoms with Gasteiger partial charge in [-0.3, -0.25) is 4.79 Å². The topological polar surface area (TPSA) is 106 Å². The van der Waals surface area contributed by atoms with Gasteiger partial charge in [-0.05, 0) is 48.5 Å². The fourth-order valence-corrected chi connectivity index (χ4v) is 3.90. The Kier molecular flexibility index (Phi) is 5.96. The van der Waals surface area contributed by atoms with Crippen LogP contribution in [0, 0.1) is 0 Å². The van der Waals surface area contributed by atoms with E-state index in [0.717, 1.165) is 11.3 Å². The monoisotopic (exact) mass is 436 g/mol. The molecule has 2 heterocycles. The predicted octanol–water partition coefficient (Wildman–Crippen LogP) is 2.87. The summed E-state index contributed by atoms with van der Waals surface area (Å²) in [6.45, 7) is 0.352. The Morgan fingerprint density at radius 3 is 2.45 bits per heavy atom. The van der Waals surface area contributed by atoms with Crippen molar-refractivity contribution in [1.82, 2.24) is 19.8 Å². The van der Waals surface area contributed by atoms with Crippen molar-refractivity contribution in [3.8, 4) is 5.69 Å². The van der Waals surface area contributed by atoms with Crippen LogP contribution in [0.4, 0.5) is 0 Å². The lowest BCUT2D eigenvalue weighted by atomic mass is 10.2. The van der Waals surface area contributed by atoms with Gasteiger partial charge in [-0.25, -0.2) is 17.8 Å². The maximum Gasteiger partial charge on any atom is 0.251 e. The van der Waals surface area contributed by atoms with Gasteiger partial charge in [0.2, 0.25) is 10.0 Å². The largest absolute Gasteiger partial charge is 0.468 e. The number of furan rings is 1. The van der Waals surface area contributed by atoms with Crippen LogP contribution in [0.1, 0.15) is 21.7 Å². The maximum atomic E-state index is 12.4. The van der Waals surface area contributed by atoms with E-state index < -0.39 is 10.0 Å². The Balaban J connectivity index is 1.34. The predicted molar refractivity (Wildman–Crippen MR) is 114 cm³/mol. The number of nitrogens with one attached hydrogen (secondary N) is 2. The van der Waals surface area contributed by atoms with Crippen molar-refractivity contribution >= 4 is 15.9 Å². The van der Waals surface area contributed by atoms with E-state index in [1.165, 1.54) is 30.5 Å². The molecule has 2 N–H and O–H groups in total. The second kappa shape index (κ2) is 8.99. The summed E-state index contributed by atoms with van der Waals surface area (Å²) in [5.74, 6) is 0.204. The van der Waals surface area contributed by atoms with Crippen LogP contribution < -0.4 is 10.0 Å². The molecule has 0 aliphatic carbocycles. The molecule has 4 rings (SSSR count). The van der Waals surface area contributed by atoms with Crippen LogP contribution in [0.25, 0.3) is 5.69 Å². The molecule has 0 radical (unpaired) electrons. The van der Waals surface area contributed by atoms with Gasteiger partial charge < -0.3 is 9.73 Å².